The minimum atomic E-state index is 0.0920. The third kappa shape index (κ3) is 6.57. The van der Waals surface area contributed by atoms with Gasteiger partial charge < -0.3 is 9.88 Å². The van der Waals surface area contributed by atoms with Crippen LogP contribution in [0.2, 0.25) is 0 Å². The summed E-state index contributed by atoms with van der Waals surface area (Å²) in [6.45, 7) is 3.52. The Morgan fingerprint density at radius 3 is 2.39 bits per heavy atom. The van der Waals surface area contributed by atoms with E-state index in [-0.39, 0.29) is 11.8 Å². The van der Waals surface area contributed by atoms with Crippen molar-refractivity contribution in [3.63, 3.8) is 0 Å². The lowest BCUT2D eigenvalue weighted by Crippen LogP contribution is -2.27. The highest BCUT2D eigenvalue weighted by atomic mass is 16.1. The SMILES string of the molecule is Cc1ccc(Cn2cc(C(CCc3ccccc3)CC(=O)NCCc3ccccn3)c3ccccc32)cc1. The first kappa shape index (κ1) is 25.5. The van der Waals surface area contributed by atoms with Gasteiger partial charge in [0.2, 0.25) is 5.91 Å². The number of amides is 1. The van der Waals surface area contributed by atoms with Crippen LogP contribution in [0.15, 0.2) is 109 Å². The van der Waals surface area contributed by atoms with Gasteiger partial charge in [-0.05, 0) is 60.6 Å². The van der Waals surface area contributed by atoms with E-state index >= 15 is 0 Å². The molecule has 5 aromatic rings. The quantitative estimate of drug-likeness (QED) is 0.215. The number of benzene rings is 3. The van der Waals surface area contributed by atoms with Gasteiger partial charge in [0, 0.05) is 54.9 Å². The van der Waals surface area contributed by atoms with Crippen LogP contribution in [0.4, 0.5) is 0 Å². The lowest BCUT2D eigenvalue weighted by atomic mass is 9.89. The first-order valence-corrected chi connectivity index (χ1v) is 13.5. The Morgan fingerprint density at radius 2 is 1.61 bits per heavy atom. The number of nitrogens with one attached hydrogen (secondary N) is 1. The molecule has 1 atom stereocenters. The van der Waals surface area contributed by atoms with Gasteiger partial charge in [0.05, 0.1) is 0 Å². The van der Waals surface area contributed by atoms with E-state index in [1.807, 2.05) is 18.2 Å². The number of rotatable bonds is 11. The summed E-state index contributed by atoms with van der Waals surface area (Å²) in [6, 6.07) is 33.8. The molecule has 4 heteroatoms. The number of carbonyl (C=O) groups excluding carboxylic acids is 1. The summed E-state index contributed by atoms with van der Waals surface area (Å²) in [5, 5.41) is 4.38. The third-order valence-electron chi connectivity index (χ3n) is 7.22. The van der Waals surface area contributed by atoms with Crippen LogP contribution in [-0.2, 0) is 24.2 Å². The molecule has 4 nitrogen and oxygen atoms in total. The fourth-order valence-corrected chi connectivity index (χ4v) is 5.15. The molecule has 0 radical (unpaired) electrons. The molecule has 1 N–H and O–H groups in total. The molecule has 38 heavy (non-hydrogen) atoms. The predicted octanol–water partition coefficient (Wildman–Crippen LogP) is 6.86. The Morgan fingerprint density at radius 1 is 0.842 bits per heavy atom. The van der Waals surface area contributed by atoms with E-state index in [9.17, 15) is 4.79 Å². The Hall–Kier alpha value is -4.18. The maximum absolute atomic E-state index is 13.2. The molecule has 1 amide bonds. The van der Waals surface area contributed by atoms with Crippen molar-refractivity contribution in [3.05, 3.63) is 137 Å². The highest BCUT2D eigenvalue weighted by Gasteiger charge is 2.21. The van der Waals surface area contributed by atoms with Gasteiger partial charge in [-0.3, -0.25) is 9.78 Å². The lowest BCUT2D eigenvalue weighted by Gasteiger charge is -2.17. The molecule has 0 fully saturated rings. The molecule has 0 aliphatic carbocycles. The second kappa shape index (κ2) is 12.4. The van der Waals surface area contributed by atoms with Crippen molar-refractivity contribution >= 4 is 16.8 Å². The van der Waals surface area contributed by atoms with E-state index in [0.29, 0.717) is 13.0 Å². The van der Waals surface area contributed by atoms with Crippen LogP contribution in [0.3, 0.4) is 0 Å². The second-order valence-corrected chi connectivity index (χ2v) is 10.1. The van der Waals surface area contributed by atoms with Gasteiger partial charge in [-0.15, -0.1) is 0 Å². The first-order chi connectivity index (χ1) is 18.7. The lowest BCUT2D eigenvalue weighted by molar-refractivity contribution is -0.121. The first-order valence-electron chi connectivity index (χ1n) is 13.5. The van der Waals surface area contributed by atoms with E-state index in [1.54, 1.807) is 6.20 Å². The molecule has 0 saturated heterocycles. The number of pyridine rings is 1. The van der Waals surface area contributed by atoms with E-state index in [0.717, 1.165) is 31.5 Å². The molecule has 2 aromatic heterocycles. The van der Waals surface area contributed by atoms with E-state index in [4.69, 9.17) is 0 Å². The van der Waals surface area contributed by atoms with Crippen LogP contribution < -0.4 is 5.32 Å². The summed E-state index contributed by atoms with van der Waals surface area (Å²) in [4.78, 5) is 17.5. The molecule has 1 unspecified atom stereocenters. The minimum Gasteiger partial charge on any atom is -0.356 e. The van der Waals surface area contributed by atoms with Crippen molar-refractivity contribution in [2.24, 2.45) is 0 Å². The molecule has 0 spiro atoms. The van der Waals surface area contributed by atoms with E-state index in [2.05, 4.69) is 107 Å². The van der Waals surface area contributed by atoms with E-state index in [1.165, 1.54) is 33.2 Å². The summed E-state index contributed by atoms with van der Waals surface area (Å²) in [6.07, 6.45) is 7.12. The molecule has 0 saturated carbocycles. The smallest absolute Gasteiger partial charge is 0.220 e. The summed E-state index contributed by atoms with van der Waals surface area (Å²) in [5.74, 6) is 0.212. The molecule has 0 aliphatic heterocycles. The molecular weight excluding hydrogens is 466 g/mol. The summed E-state index contributed by atoms with van der Waals surface area (Å²) in [7, 11) is 0. The van der Waals surface area contributed by atoms with Crippen molar-refractivity contribution in [2.45, 2.75) is 45.1 Å². The summed E-state index contributed by atoms with van der Waals surface area (Å²) >= 11 is 0. The van der Waals surface area contributed by atoms with E-state index < -0.39 is 0 Å². The third-order valence-corrected chi connectivity index (χ3v) is 7.22. The number of hydrogen-bond acceptors (Lipinski definition) is 2. The highest BCUT2D eigenvalue weighted by molar-refractivity contribution is 5.86. The topological polar surface area (TPSA) is 46.9 Å². The number of para-hydroxylation sites is 1. The average Bonchev–Trinajstić information content (AvgIpc) is 3.31. The Bertz CT molecular complexity index is 1460. The summed E-state index contributed by atoms with van der Waals surface area (Å²) < 4.78 is 2.34. The van der Waals surface area contributed by atoms with Gasteiger partial charge in [0.15, 0.2) is 0 Å². The van der Waals surface area contributed by atoms with Crippen molar-refractivity contribution in [2.75, 3.05) is 6.54 Å². The van der Waals surface area contributed by atoms with Crippen LogP contribution in [0, 0.1) is 6.92 Å². The maximum Gasteiger partial charge on any atom is 0.220 e. The van der Waals surface area contributed by atoms with Crippen molar-refractivity contribution in [1.82, 2.24) is 14.9 Å². The van der Waals surface area contributed by atoms with Crippen LogP contribution in [0.25, 0.3) is 10.9 Å². The Kier molecular flexibility index (Phi) is 8.29. The molecule has 5 rings (SSSR count). The van der Waals surface area contributed by atoms with Crippen LogP contribution >= 0.6 is 0 Å². The van der Waals surface area contributed by atoms with Crippen molar-refractivity contribution < 1.29 is 4.79 Å². The van der Waals surface area contributed by atoms with Gasteiger partial charge in [-0.25, -0.2) is 0 Å². The monoisotopic (exact) mass is 501 g/mol. The predicted molar refractivity (Wildman–Crippen MR) is 155 cm³/mol. The molecule has 0 aliphatic rings. The molecule has 2 heterocycles. The maximum atomic E-state index is 13.2. The standard InChI is InChI=1S/C34H35N3O/c1-26-14-16-28(17-15-26)24-37-25-32(31-12-5-6-13-33(31)37)29(19-18-27-9-3-2-4-10-27)23-34(38)36-22-20-30-11-7-8-21-35-30/h2-17,21,25,29H,18-20,22-24H2,1H3,(H,36,38). The van der Waals surface area contributed by atoms with Gasteiger partial charge in [0.1, 0.15) is 0 Å². The highest BCUT2D eigenvalue weighted by Crippen LogP contribution is 2.33. The number of hydrogen-bond donors (Lipinski definition) is 1. The number of carbonyl (C=O) groups is 1. The van der Waals surface area contributed by atoms with Crippen LogP contribution in [0.5, 0.6) is 0 Å². The van der Waals surface area contributed by atoms with Crippen molar-refractivity contribution in [1.29, 1.82) is 0 Å². The number of fused-ring (bicyclic) bond motifs is 1. The average molecular weight is 502 g/mol. The Balaban J connectivity index is 1.37. The largest absolute Gasteiger partial charge is 0.356 e. The molecule has 192 valence electrons. The Labute approximate surface area is 225 Å². The van der Waals surface area contributed by atoms with Gasteiger partial charge in [-0.1, -0.05) is 84.4 Å². The zero-order chi connectivity index (χ0) is 26.2. The molecule has 3 aromatic carbocycles. The zero-order valence-corrected chi connectivity index (χ0v) is 22.0. The van der Waals surface area contributed by atoms with Crippen LogP contribution in [0.1, 0.15) is 46.7 Å². The van der Waals surface area contributed by atoms with Crippen LogP contribution in [-0.4, -0.2) is 22.0 Å². The van der Waals surface area contributed by atoms with Gasteiger partial charge >= 0.3 is 0 Å². The fourth-order valence-electron chi connectivity index (χ4n) is 5.15. The van der Waals surface area contributed by atoms with Gasteiger partial charge in [0.25, 0.3) is 0 Å². The van der Waals surface area contributed by atoms with Gasteiger partial charge in [-0.2, -0.15) is 0 Å². The minimum absolute atomic E-state index is 0.0920. The molecular formula is C34H35N3O. The second-order valence-electron chi connectivity index (χ2n) is 10.1. The number of nitrogens with zero attached hydrogens (tertiary/aromatic N) is 2. The normalized spacial score (nSPS) is 11.9. The number of aromatic nitrogens is 2. The van der Waals surface area contributed by atoms with Crippen molar-refractivity contribution in [3.8, 4) is 0 Å². The zero-order valence-electron chi connectivity index (χ0n) is 22.0. The summed E-state index contributed by atoms with van der Waals surface area (Å²) in [5.41, 5.74) is 7.30. The number of aryl methyl sites for hydroxylation is 2. The molecule has 0 bridgehead atoms. The fraction of sp³-hybridized carbons (Fsp3) is 0.235.